The van der Waals surface area contributed by atoms with Crippen molar-refractivity contribution >= 4 is 49.2 Å². The maximum absolute atomic E-state index is 11.1. The molecule has 0 unspecified atom stereocenters. The molecule has 1 rings (SSSR count). The zero-order chi connectivity index (χ0) is 9.14. The number of esters is 1. The molecule has 0 bridgehead atoms. The van der Waals surface area contributed by atoms with Gasteiger partial charge >= 0.3 is 5.97 Å². The van der Waals surface area contributed by atoms with Crippen LogP contribution in [0.5, 0.6) is 0 Å². The highest BCUT2D eigenvalue weighted by atomic mass is 79.9. The predicted octanol–water partition coefficient (Wildman–Crippen LogP) is 2.84. The van der Waals surface area contributed by atoms with Crippen molar-refractivity contribution in [2.45, 2.75) is 6.92 Å². The topological polar surface area (TPSA) is 39.2 Å². The summed E-state index contributed by atoms with van der Waals surface area (Å²) in [6.07, 6.45) is 0. The Labute approximate surface area is 90.4 Å². The standard InChI is InChI=1S/C6H5Br2NO2S/c1-2-11-5(10)3-4(7)12-6(8)9-3/h2H2,1H3. The van der Waals surface area contributed by atoms with Gasteiger partial charge in [0.05, 0.1) is 6.61 Å². The molecule has 1 aromatic heterocycles. The van der Waals surface area contributed by atoms with Crippen molar-refractivity contribution in [2.75, 3.05) is 6.61 Å². The number of carbonyl (C=O) groups excluding carboxylic acids is 1. The summed E-state index contributed by atoms with van der Waals surface area (Å²) >= 11 is 7.73. The fourth-order valence-electron chi connectivity index (χ4n) is 0.602. The van der Waals surface area contributed by atoms with E-state index in [2.05, 4.69) is 36.8 Å². The van der Waals surface area contributed by atoms with Crippen molar-refractivity contribution in [1.82, 2.24) is 4.98 Å². The van der Waals surface area contributed by atoms with E-state index < -0.39 is 5.97 Å². The van der Waals surface area contributed by atoms with Crippen molar-refractivity contribution in [1.29, 1.82) is 0 Å². The Hall–Kier alpha value is 0.0600. The van der Waals surface area contributed by atoms with Gasteiger partial charge in [-0.2, -0.15) is 0 Å². The zero-order valence-corrected chi connectivity index (χ0v) is 10.1. The van der Waals surface area contributed by atoms with Crippen molar-refractivity contribution in [3.8, 4) is 0 Å². The Morgan fingerprint density at radius 3 is 2.75 bits per heavy atom. The number of hydrogen-bond acceptors (Lipinski definition) is 4. The molecule has 0 saturated heterocycles. The summed E-state index contributed by atoms with van der Waals surface area (Å²) in [5.74, 6) is -0.397. The Morgan fingerprint density at radius 2 is 2.33 bits per heavy atom. The molecule has 0 radical (unpaired) electrons. The molecule has 0 N–H and O–H groups in total. The molecule has 0 saturated carbocycles. The van der Waals surface area contributed by atoms with E-state index in [-0.39, 0.29) is 0 Å². The molecule has 12 heavy (non-hydrogen) atoms. The van der Waals surface area contributed by atoms with Crippen molar-refractivity contribution in [3.63, 3.8) is 0 Å². The molecule has 0 spiro atoms. The maximum Gasteiger partial charge on any atom is 0.359 e. The first-order valence-electron chi connectivity index (χ1n) is 3.14. The number of hydrogen-bond donors (Lipinski definition) is 0. The lowest BCUT2D eigenvalue weighted by Crippen LogP contribution is -2.05. The molecule has 0 aliphatic carbocycles. The molecule has 0 aliphatic heterocycles. The molecule has 1 heterocycles. The molecule has 0 amide bonds. The summed E-state index contributed by atoms with van der Waals surface area (Å²) in [6, 6.07) is 0. The number of nitrogens with zero attached hydrogens (tertiary/aromatic N) is 1. The summed E-state index contributed by atoms with van der Waals surface area (Å²) in [7, 11) is 0. The molecule has 6 heteroatoms. The van der Waals surface area contributed by atoms with E-state index in [1.165, 1.54) is 11.3 Å². The summed E-state index contributed by atoms with van der Waals surface area (Å²) < 4.78 is 6.13. The third kappa shape index (κ3) is 2.27. The fourth-order valence-corrected chi connectivity index (χ4v) is 3.14. The minimum Gasteiger partial charge on any atom is -0.461 e. The van der Waals surface area contributed by atoms with E-state index in [4.69, 9.17) is 4.74 Å². The van der Waals surface area contributed by atoms with Gasteiger partial charge in [0.1, 0.15) is 3.79 Å². The molecule has 0 atom stereocenters. The number of thiazole rings is 1. The SMILES string of the molecule is CCOC(=O)c1nc(Br)sc1Br. The second-order valence-corrected chi connectivity index (χ2v) is 5.40. The highest BCUT2D eigenvalue weighted by Crippen LogP contribution is 2.28. The van der Waals surface area contributed by atoms with Gasteiger partial charge in [-0.05, 0) is 38.8 Å². The minimum absolute atomic E-state index is 0.328. The molecular weight excluding hydrogens is 310 g/mol. The average molecular weight is 315 g/mol. The van der Waals surface area contributed by atoms with E-state index in [9.17, 15) is 4.79 Å². The number of aromatic nitrogens is 1. The fraction of sp³-hybridized carbons (Fsp3) is 0.333. The third-order valence-corrected chi connectivity index (χ3v) is 3.18. The summed E-state index contributed by atoms with van der Waals surface area (Å²) in [5.41, 5.74) is 0.328. The van der Waals surface area contributed by atoms with Crippen LogP contribution in [0.1, 0.15) is 17.4 Å². The first kappa shape index (κ1) is 10.1. The second-order valence-electron chi connectivity index (χ2n) is 1.81. The van der Waals surface area contributed by atoms with E-state index >= 15 is 0 Å². The number of rotatable bonds is 2. The summed E-state index contributed by atoms with van der Waals surface area (Å²) in [4.78, 5) is 15.1. The molecule has 3 nitrogen and oxygen atoms in total. The molecule has 66 valence electrons. The smallest absolute Gasteiger partial charge is 0.359 e. The van der Waals surface area contributed by atoms with Crippen LogP contribution in [0, 0.1) is 0 Å². The Kier molecular flexibility index (Phi) is 3.67. The Balaban J connectivity index is 2.87. The van der Waals surface area contributed by atoms with Crippen LogP contribution in [0.2, 0.25) is 0 Å². The Bertz CT molecular complexity index is 300. The first-order valence-corrected chi connectivity index (χ1v) is 5.54. The van der Waals surface area contributed by atoms with Crippen LogP contribution < -0.4 is 0 Å². The van der Waals surface area contributed by atoms with Gasteiger partial charge in [0.15, 0.2) is 9.61 Å². The highest BCUT2D eigenvalue weighted by Gasteiger charge is 2.16. The number of ether oxygens (including phenoxy) is 1. The quantitative estimate of drug-likeness (QED) is 0.788. The largest absolute Gasteiger partial charge is 0.461 e. The lowest BCUT2D eigenvalue weighted by Gasteiger charge is -1.96. The van der Waals surface area contributed by atoms with E-state index in [1.807, 2.05) is 0 Å². The first-order chi connectivity index (χ1) is 5.65. The van der Waals surface area contributed by atoms with Crippen LogP contribution in [-0.4, -0.2) is 17.6 Å². The summed E-state index contributed by atoms with van der Waals surface area (Å²) in [6.45, 7) is 2.12. The third-order valence-electron chi connectivity index (χ3n) is 1.03. The van der Waals surface area contributed by atoms with Gasteiger partial charge < -0.3 is 4.74 Å². The normalized spacial score (nSPS) is 9.92. The van der Waals surface area contributed by atoms with Crippen LogP contribution in [0.3, 0.4) is 0 Å². The van der Waals surface area contributed by atoms with Crippen molar-refractivity contribution in [2.24, 2.45) is 0 Å². The Morgan fingerprint density at radius 1 is 1.67 bits per heavy atom. The molecule has 0 aliphatic rings. The lowest BCUT2D eigenvalue weighted by atomic mass is 10.5. The van der Waals surface area contributed by atoms with Gasteiger partial charge in [-0.3, -0.25) is 0 Å². The predicted molar refractivity (Wildman–Crippen MR) is 53.5 cm³/mol. The van der Waals surface area contributed by atoms with Crippen LogP contribution >= 0.6 is 43.2 Å². The monoisotopic (exact) mass is 313 g/mol. The molecular formula is C6H5Br2NO2S. The van der Waals surface area contributed by atoms with E-state index in [1.54, 1.807) is 6.92 Å². The van der Waals surface area contributed by atoms with Crippen LogP contribution in [0.4, 0.5) is 0 Å². The van der Waals surface area contributed by atoms with Gasteiger partial charge in [-0.25, -0.2) is 9.78 Å². The van der Waals surface area contributed by atoms with Gasteiger partial charge in [0.25, 0.3) is 0 Å². The molecule has 0 fully saturated rings. The van der Waals surface area contributed by atoms with Gasteiger partial charge in [-0.1, -0.05) is 11.3 Å². The number of halogens is 2. The number of carbonyl (C=O) groups is 1. The lowest BCUT2D eigenvalue weighted by molar-refractivity contribution is 0.0519. The second kappa shape index (κ2) is 4.34. The minimum atomic E-state index is -0.397. The van der Waals surface area contributed by atoms with E-state index in [0.29, 0.717) is 20.0 Å². The molecule has 0 aromatic carbocycles. The van der Waals surface area contributed by atoms with E-state index in [0.717, 1.165) is 0 Å². The highest BCUT2D eigenvalue weighted by molar-refractivity contribution is 9.12. The average Bonchev–Trinajstić information content (AvgIpc) is 2.30. The van der Waals surface area contributed by atoms with Crippen LogP contribution in [0.25, 0.3) is 0 Å². The maximum atomic E-state index is 11.1. The van der Waals surface area contributed by atoms with Crippen LogP contribution in [0.15, 0.2) is 7.70 Å². The van der Waals surface area contributed by atoms with Crippen molar-refractivity contribution in [3.05, 3.63) is 13.4 Å². The zero-order valence-electron chi connectivity index (χ0n) is 6.13. The van der Waals surface area contributed by atoms with Gasteiger partial charge in [0, 0.05) is 0 Å². The van der Waals surface area contributed by atoms with Crippen LogP contribution in [-0.2, 0) is 4.74 Å². The summed E-state index contributed by atoms with van der Waals surface area (Å²) in [5, 5.41) is 0. The van der Waals surface area contributed by atoms with Crippen molar-refractivity contribution < 1.29 is 9.53 Å². The van der Waals surface area contributed by atoms with Gasteiger partial charge in [0.2, 0.25) is 0 Å². The molecule has 1 aromatic rings. The van der Waals surface area contributed by atoms with Gasteiger partial charge in [-0.15, -0.1) is 0 Å².